The Bertz CT molecular complexity index is 662. The van der Waals surface area contributed by atoms with E-state index in [9.17, 15) is 14.0 Å². The number of hydrogen-bond donors (Lipinski definition) is 2. The molecule has 100 valence electrons. The summed E-state index contributed by atoms with van der Waals surface area (Å²) >= 11 is 0. The Morgan fingerprint density at radius 3 is 2.74 bits per heavy atom. The standard InChI is InChI=1S/C13H12FNO4/c1-6-9-5-8(14)3-4-10(9)19-11(6)12(16)15-7(2)13(17)18/h3-5,7H,1-2H3,(H,15,16)(H,17,18)/t7-/m0/s1. The number of nitrogens with one attached hydrogen (secondary N) is 1. The van der Waals surface area contributed by atoms with E-state index in [0.29, 0.717) is 16.5 Å². The van der Waals surface area contributed by atoms with Crippen LogP contribution in [0, 0.1) is 12.7 Å². The topological polar surface area (TPSA) is 79.5 Å². The molecule has 0 unspecified atom stereocenters. The molecule has 0 radical (unpaired) electrons. The van der Waals surface area contributed by atoms with Crippen LogP contribution < -0.4 is 5.32 Å². The van der Waals surface area contributed by atoms with E-state index in [1.807, 2.05) is 0 Å². The molecule has 5 nitrogen and oxygen atoms in total. The molecule has 0 aliphatic heterocycles. The molecule has 0 spiro atoms. The minimum absolute atomic E-state index is 0.00583. The smallest absolute Gasteiger partial charge is 0.325 e. The highest BCUT2D eigenvalue weighted by atomic mass is 19.1. The van der Waals surface area contributed by atoms with Crippen LogP contribution in [-0.4, -0.2) is 23.0 Å². The van der Waals surface area contributed by atoms with E-state index < -0.39 is 23.7 Å². The number of carboxylic acids is 1. The molecule has 2 aromatic rings. The van der Waals surface area contributed by atoms with Crippen molar-refractivity contribution in [2.45, 2.75) is 19.9 Å². The van der Waals surface area contributed by atoms with E-state index in [-0.39, 0.29) is 5.76 Å². The Labute approximate surface area is 108 Å². The zero-order valence-electron chi connectivity index (χ0n) is 10.4. The van der Waals surface area contributed by atoms with E-state index in [1.165, 1.54) is 25.1 Å². The van der Waals surface area contributed by atoms with Gasteiger partial charge < -0.3 is 14.8 Å². The second kappa shape index (κ2) is 4.72. The summed E-state index contributed by atoms with van der Waals surface area (Å²) in [5.41, 5.74) is 0.858. The Hall–Kier alpha value is -2.37. The second-order valence-electron chi connectivity index (χ2n) is 4.23. The number of carbonyl (C=O) groups excluding carboxylic acids is 1. The summed E-state index contributed by atoms with van der Waals surface area (Å²) in [6.07, 6.45) is 0. The number of aryl methyl sites for hydroxylation is 1. The molecule has 1 atom stereocenters. The maximum atomic E-state index is 13.1. The van der Waals surface area contributed by atoms with Gasteiger partial charge in [0.2, 0.25) is 0 Å². The first kappa shape index (κ1) is 13.1. The normalized spacial score (nSPS) is 12.4. The minimum atomic E-state index is -1.15. The lowest BCUT2D eigenvalue weighted by Gasteiger charge is -2.07. The first-order valence-electron chi connectivity index (χ1n) is 5.62. The van der Waals surface area contributed by atoms with Crippen LogP contribution in [0.3, 0.4) is 0 Å². The van der Waals surface area contributed by atoms with Gasteiger partial charge in [-0.05, 0) is 32.0 Å². The predicted octanol–water partition coefficient (Wildman–Crippen LogP) is 2.08. The van der Waals surface area contributed by atoms with Crippen molar-refractivity contribution in [3.63, 3.8) is 0 Å². The number of halogens is 1. The van der Waals surface area contributed by atoms with Gasteiger partial charge in [-0.15, -0.1) is 0 Å². The van der Waals surface area contributed by atoms with Crippen LogP contribution in [0.1, 0.15) is 23.0 Å². The molecular formula is C13H12FNO4. The quantitative estimate of drug-likeness (QED) is 0.890. The third-order valence-corrected chi connectivity index (χ3v) is 2.82. The Kier molecular flexibility index (Phi) is 3.25. The average molecular weight is 265 g/mol. The molecule has 0 aliphatic rings. The van der Waals surface area contributed by atoms with E-state index in [2.05, 4.69) is 5.32 Å². The number of hydrogen-bond acceptors (Lipinski definition) is 3. The van der Waals surface area contributed by atoms with Gasteiger partial charge >= 0.3 is 5.97 Å². The fraction of sp³-hybridized carbons (Fsp3) is 0.231. The summed E-state index contributed by atoms with van der Waals surface area (Å²) in [4.78, 5) is 22.5. The molecule has 1 heterocycles. The molecule has 1 amide bonds. The van der Waals surface area contributed by atoms with Crippen molar-refractivity contribution in [3.8, 4) is 0 Å². The lowest BCUT2D eigenvalue weighted by molar-refractivity contribution is -0.138. The number of carbonyl (C=O) groups is 2. The number of amides is 1. The lowest BCUT2D eigenvalue weighted by atomic mass is 10.1. The summed E-state index contributed by atoms with van der Waals surface area (Å²) in [6.45, 7) is 2.96. The van der Waals surface area contributed by atoms with Crippen molar-refractivity contribution in [1.29, 1.82) is 0 Å². The first-order valence-corrected chi connectivity index (χ1v) is 5.62. The Balaban J connectivity index is 2.37. The maximum Gasteiger partial charge on any atom is 0.325 e. The molecule has 0 saturated heterocycles. The van der Waals surface area contributed by atoms with Gasteiger partial charge in [-0.1, -0.05) is 0 Å². The van der Waals surface area contributed by atoms with Crippen LogP contribution in [0.4, 0.5) is 4.39 Å². The zero-order chi connectivity index (χ0) is 14.2. The van der Waals surface area contributed by atoms with Crippen LogP contribution in [0.2, 0.25) is 0 Å². The largest absolute Gasteiger partial charge is 0.480 e. The maximum absolute atomic E-state index is 13.1. The van der Waals surface area contributed by atoms with E-state index in [0.717, 1.165) is 0 Å². The molecule has 19 heavy (non-hydrogen) atoms. The van der Waals surface area contributed by atoms with Gasteiger partial charge in [-0.3, -0.25) is 9.59 Å². The van der Waals surface area contributed by atoms with Crippen LogP contribution >= 0.6 is 0 Å². The summed E-state index contributed by atoms with van der Waals surface area (Å²) in [5, 5.41) is 11.5. The molecule has 0 saturated carbocycles. The zero-order valence-corrected chi connectivity index (χ0v) is 10.4. The van der Waals surface area contributed by atoms with Crippen molar-refractivity contribution in [2.24, 2.45) is 0 Å². The summed E-state index contributed by atoms with van der Waals surface area (Å²) in [6, 6.07) is 2.89. The van der Waals surface area contributed by atoms with Gasteiger partial charge in [0, 0.05) is 10.9 Å². The Morgan fingerprint density at radius 2 is 2.11 bits per heavy atom. The molecule has 2 N–H and O–H groups in total. The highest BCUT2D eigenvalue weighted by molar-refractivity contribution is 6.00. The van der Waals surface area contributed by atoms with Crippen molar-refractivity contribution in [3.05, 3.63) is 35.3 Å². The van der Waals surface area contributed by atoms with Crippen LogP contribution in [0.15, 0.2) is 22.6 Å². The van der Waals surface area contributed by atoms with Crippen LogP contribution in [-0.2, 0) is 4.79 Å². The van der Waals surface area contributed by atoms with Gasteiger partial charge in [0.05, 0.1) is 0 Å². The van der Waals surface area contributed by atoms with Gasteiger partial charge in [-0.2, -0.15) is 0 Å². The first-order chi connectivity index (χ1) is 8.90. The highest BCUT2D eigenvalue weighted by Crippen LogP contribution is 2.25. The van der Waals surface area contributed by atoms with E-state index in [4.69, 9.17) is 9.52 Å². The third-order valence-electron chi connectivity index (χ3n) is 2.82. The molecule has 2 rings (SSSR count). The summed E-state index contributed by atoms with van der Waals surface area (Å²) in [7, 11) is 0. The highest BCUT2D eigenvalue weighted by Gasteiger charge is 2.21. The minimum Gasteiger partial charge on any atom is -0.480 e. The molecule has 0 aliphatic carbocycles. The molecule has 0 fully saturated rings. The van der Waals surface area contributed by atoms with E-state index in [1.54, 1.807) is 6.92 Å². The molecule has 1 aromatic carbocycles. The van der Waals surface area contributed by atoms with Crippen molar-refractivity contribution < 1.29 is 23.5 Å². The van der Waals surface area contributed by atoms with Crippen molar-refractivity contribution in [2.75, 3.05) is 0 Å². The number of aliphatic carboxylic acids is 1. The van der Waals surface area contributed by atoms with Gasteiger partial charge in [0.15, 0.2) is 5.76 Å². The van der Waals surface area contributed by atoms with E-state index >= 15 is 0 Å². The monoisotopic (exact) mass is 265 g/mol. The summed E-state index contributed by atoms with van der Waals surface area (Å²) in [5.74, 6) is -2.21. The van der Waals surface area contributed by atoms with Crippen LogP contribution in [0.5, 0.6) is 0 Å². The van der Waals surface area contributed by atoms with Crippen LogP contribution in [0.25, 0.3) is 11.0 Å². The number of benzene rings is 1. The number of carboxylic acid groups (broad SMARTS) is 1. The molecule has 0 bridgehead atoms. The lowest BCUT2D eigenvalue weighted by Crippen LogP contribution is -2.38. The molecule has 1 aromatic heterocycles. The fourth-order valence-electron chi connectivity index (χ4n) is 1.73. The van der Waals surface area contributed by atoms with Gasteiger partial charge in [-0.25, -0.2) is 4.39 Å². The Morgan fingerprint density at radius 1 is 1.42 bits per heavy atom. The number of fused-ring (bicyclic) bond motifs is 1. The molecule has 6 heteroatoms. The SMILES string of the molecule is Cc1c(C(=O)N[C@@H](C)C(=O)O)oc2ccc(F)cc12. The summed E-state index contributed by atoms with van der Waals surface area (Å²) < 4.78 is 18.4. The van der Waals surface area contributed by atoms with Crippen molar-refractivity contribution >= 4 is 22.8 Å². The van der Waals surface area contributed by atoms with Crippen molar-refractivity contribution in [1.82, 2.24) is 5.32 Å². The third kappa shape index (κ3) is 2.42. The van der Waals surface area contributed by atoms with Gasteiger partial charge in [0.1, 0.15) is 17.4 Å². The fourth-order valence-corrected chi connectivity index (χ4v) is 1.73. The number of furan rings is 1. The van der Waals surface area contributed by atoms with Gasteiger partial charge in [0.25, 0.3) is 5.91 Å². The second-order valence-corrected chi connectivity index (χ2v) is 4.23. The number of rotatable bonds is 3. The molecular weight excluding hydrogens is 253 g/mol. The predicted molar refractivity (Wildman–Crippen MR) is 65.5 cm³/mol. The average Bonchev–Trinajstić information content (AvgIpc) is 2.66.